The summed E-state index contributed by atoms with van der Waals surface area (Å²) in [5.41, 5.74) is 0.555. The van der Waals surface area contributed by atoms with Crippen LogP contribution in [0.2, 0.25) is 5.02 Å². The van der Waals surface area contributed by atoms with Crippen molar-refractivity contribution in [3.63, 3.8) is 0 Å². The first kappa shape index (κ1) is 19.2. The predicted octanol–water partition coefficient (Wildman–Crippen LogP) is 2.58. The zero-order valence-electron chi connectivity index (χ0n) is 14.4. The zero-order chi connectivity index (χ0) is 19.7. The van der Waals surface area contributed by atoms with Crippen molar-refractivity contribution in [2.24, 2.45) is 0 Å². The molecule has 9 nitrogen and oxygen atoms in total. The summed E-state index contributed by atoms with van der Waals surface area (Å²) in [5, 5.41) is 20.9. The van der Waals surface area contributed by atoms with E-state index in [2.05, 4.69) is 15.5 Å². The molecule has 146 valence electrons. The highest BCUT2D eigenvalue weighted by molar-refractivity contribution is 6.32. The fourth-order valence-corrected chi connectivity index (χ4v) is 3.15. The van der Waals surface area contributed by atoms with Crippen LogP contribution >= 0.6 is 11.6 Å². The number of carbonyl (C=O) groups excluding carboxylic acids is 1. The SMILES string of the molecule is Cc1cc([N+](=O)[O-])nn1CCNC(=O)Cn1nc(C(F)F)c(Cl)c1C1CC1. The van der Waals surface area contributed by atoms with Crippen LogP contribution in [0.3, 0.4) is 0 Å². The number of aromatic nitrogens is 4. The smallest absolute Gasteiger partial charge is 0.358 e. The van der Waals surface area contributed by atoms with Crippen LogP contribution in [-0.4, -0.2) is 36.9 Å². The molecule has 3 rings (SSSR count). The molecule has 1 aliphatic rings. The lowest BCUT2D eigenvalue weighted by atomic mass is 10.2. The van der Waals surface area contributed by atoms with Gasteiger partial charge in [-0.05, 0) is 24.7 Å². The Balaban J connectivity index is 1.60. The molecule has 0 radical (unpaired) electrons. The number of halogens is 3. The van der Waals surface area contributed by atoms with Gasteiger partial charge in [-0.1, -0.05) is 11.6 Å². The molecule has 0 aliphatic heterocycles. The number of alkyl halides is 2. The van der Waals surface area contributed by atoms with Gasteiger partial charge < -0.3 is 15.4 Å². The van der Waals surface area contributed by atoms with Crippen molar-refractivity contribution in [2.75, 3.05) is 6.54 Å². The van der Waals surface area contributed by atoms with Crippen LogP contribution in [0.1, 0.15) is 42.3 Å². The fourth-order valence-electron chi connectivity index (χ4n) is 2.78. The molecule has 12 heteroatoms. The summed E-state index contributed by atoms with van der Waals surface area (Å²) in [7, 11) is 0. The summed E-state index contributed by atoms with van der Waals surface area (Å²) in [4.78, 5) is 22.3. The van der Waals surface area contributed by atoms with Gasteiger partial charge in [0.1, 0.15) is 12.2 Å². The van der Waals surface area contributed by atoms with Crippen LogP contribution in [0.5, 0.6) is 0 Å². The van der Waals surface area contributed by atoms with Crippen molar-refractivity contribution < 1.29 is 18.5 Å². The van der Waals surface area contributed by atoms with Crippen molar-refractivity contribution in [3.8, 4) is 0 Å². The van der Waals surface area contributed by atoms with Crippen molar-refractivity contribution in [1.29, 1.82) is 0 Å². The first-order valence-corrected chi connectivity index (χ1v) is 8.65. The Morgan fingerprint density at radius 2 is 2.15 bits per heavy atom. The summed E-state index contributed by atoms with van der Waals surface area (Å²) in [6.07, 6.45) is -1.15. The largest absolute Gasteiger partial charge is 0.390 e. The van der Waals surface area contributed by atoms with Gasteiger partial charge in [0.25, 0.3) is 6.43 Å². The molecule has 1 aliphatic carbocycles. The van der Waals surface area contributed by atoms with Gasteiger partial charge in [0.2, 0.25) is 5.91 Å². The van der Waals surface area contributed by atoms with Crippen LogP contribution < -0.4 is 5.32 Å². The Morgan fingerprint density at radius 3 is 2.70 bits per heavy atom. The van der Waals surface area contributed by atoms with Crippen molar-refractivity contribution in [3.05, 3.63) is 38.3 Å². The molecule has 2 heterocycles. The third-order valence-corrected chi connectivity index (χ3v) is 4.61. The maximum absolute atomic E-state index is 13.0. The molecule has 2 aromatic rings. The first-order valence-electron chi connectivity index (χ1n) is 8.27. The van der Waals surface area contributed by atoms with Crippen LogP contribution in [0, 0.1) is 17.0 Å². The number of carbonyl (C=O) groups is 1. The van der Waals surface area contributed by atoms with Crippen molar-refractivity contribution >= 4 is 23.3 Å². The topological polar surface area (TPSA) is 108 Å². The lowest BCUT2D eigenvalue weighted by Crippen LogP contribution is -2.31. The van der Waals surface area contributed by atoms with Gasteiger partial charge in [0.05, 0.1) is 34.1 Å². The van der Waals surface area contributed by atoms with Gasteiger partial charge in [-0.3, -0.25) is 9.48 Å². The highest BCUT2D eigenvalue weighted by Crippen LogP contribution is 2.45. The summed E-state index contributed by atoms with van der Waals surface area (Å²) in [6.45, 7) is 1.86. The fraction of sp³-hybridized carbons (Fsp3) is 0.533. The van der Waals surface area contributed by atoms with E-state index in [9.17, 15) is 23.7 Å². The van der Waals surface area contributed by atoms with Gasteiger partial charge in [0, 0.05) is 12.5 Å². The molecular formula is C15H17ClF2N6O3. The third kappa shape index (κ3) is 4.24. The van der Waals surface area contributed by atoms with Crippen LogP contribution in [0.25, 0.3) is 0 Å². The number of hydrogen-bond donors (Lipinski definition) is 1. The van der Waals surface area contributed by atoms with E-state index < -0.39 is 22.9 Å². The molecular weight excluding hydrogens is 386 g/mol. The van der Waals surface area contributed by atoms with E-state index in [1.807, 2.05) is 0 Å². The highest BCUT2D eigenvalue weighted by atomic mass is 35.5. The number of rotatable bonds is 8. The Morgan fingerprint density at radius 1 is 1.44 bits per heavy atom. The lowest BCUT2D eigenvalue weighted by molar-refractivity contribution is -0.389. The zero-order valence-corrected chi connectivity index (χ0v) is 15.1. The number of aryl methyl sites for hydroxylation is 1. The minimum atomic E-state index is -2.81. The second-order valence-corrected chi connectivity index (χ2v) is 6.67. The van der Waals surface area contributed by atoms with E-state index in [4.69, 9.17) is 11.6 Å². The minimum absolute atomic E-state index is 0.0533. The van der Waals surface area contributed by atoms with Crippen molar-refractivity contribution in [2.45, 2.75) is 45.2 Å². The molecule has 0 bridgehead atoms. The average molecular weight is 403 g/mol. The predicted molar refractivity (Wildman–Crippen MR) is 90.8 cm³/mol. The Hall–Kier alpha value is -2.56. The van der Waals surface area contributed by atoms with Gasteiger partial charge >= 0.3 is 5.82 Å². The van der Waals surface area contributed by atoms with Gasteiger partial charge in [-0.2, -0.15) is 9.78 Å². The molecule has 0 unspecified atom stereocenters. The number of hydrogen-bond acceptors (Lipinski definition) is 5. The Bertz CT molecular complexity index is 877. The minimum Gasteiger partial charge on any atom is -0.358 e. The van der Waals surface area contributed by atoms with E-state index in [0.717, 1.165) is 12.8 Å². The second-order valence-electron chi connectivity index (χ2n) is 6.29. The Kier molecular flexibility index (Phi) is 5.40. The number of nitro groups is 1. The molecule has 27 heavy (non-hydrogen) atoms. The number of amides is 1. The molecule has 1 fully saturated rings. The Labute approximate surface area is 157 Å². The quantitative estimate of drug-likeness (QED) is 0.539. The summed E-state index contributed by atoms with van der Waals surface area (Å²) in [6, 6.07) is 1.33. The molecule has 0 saturated heterocycles. The van der Waals surface area contributed by atoms with Crippen molar-refractivity contribution in [1.82, 2.24) is 24.9 Å². The summed E-state index contributed by atoms with van der Waals surface area (Å²) in [5.74, 6) is -0.632. The summed E-state index contributed by atoms with van der Waals surface area (Å²) < 4.78 is 28.7. The molecule has 0 spiro atoms. The average Bonchev–Trinajstić information content (AvgIpc) is 3.27. The monoisotopic (exact) mass is 402 g/mol. The highest BCUT2D eigenvalue weighted by Gasteiger charge is 2.34. The van der Waals surface area contributed by atoms with E-state index >= 15 is 0 Å². The van der Waals surface area contributed by atoms with E-state index in [-0.39, 0.29) is 36.4 Å². The van der Waals surface area contributed by atoms with Gasteiger partial charge in [-0.25, -0.2) is 8.78 Å². The summed E-state index contributed by atoms with van der Waals surface area (Å²) >= 11 is 6.01. The van der Waals surface area contributed by atoms with E-state index in [0.29, 0.717) is 11.4 Å². The first-order chi connectivity index (χ1) is 12.8. The molecule has 0 atom stereocenters. The molecule has 1 N–H and O–H groups in total. The normalized spacial score (nSPS) is 14.0. The van der Waals surface area contributed by atoms with E-state index in [1.165, 1.54) is 15.4 Å². The van der Waals surface area contributed by atoms with Gasteiger partial charge in [-0.15, -0.1) is 0 Å². The van der Waals surface area contributed by atoms with Crippen LogP contribution in [0.15, 0.2) is 6.07 Å². The second kappa shape index (κ2) is 7.59. The lowest BCUT2D eigenvalue weighted by Gasteiger charge is -2.08. The maximum Gasteiger partial charge on any atom is 0.390 e. The van der Waals surface area contributed by atoms with E-state index in [1.54, 1.807) is 6.92 Å². The van der Waals surface area contributed by atoms with Crippen LogP contribution in [0.4, 0.5) is 14.6 Å². The van der Waals surface area contributed by atoms with Gasteiger partial charge in [0.15, 0.2) is 0 Å². The molecule has 1 amide bonds. The molecule has 0 aromatic carbocycles. The molecule has 1 saturated carbocycles. The standard InChI is InChI=1S/C15H17ClF2N6O3/c1-8-6-10(24(26)27)20-22(8)5-4-19-11(25)7-23-14(9-2-3-9)12(16)13(21-23)15(17)18/h6,9,15H,2-5,7H2,1H3,(H,19,25). The maximum atomic E-state index is 13.0. The molecule has 2 aromatic heterocycles. The third-order valence-electron chi connectivity index (χ3n) is 4.22. The number of nitrogens with one attached hydrogen (secondary N) is 1. The number of nitrogens with zero attached hydrogens (tertiary/aromatic N) is 5. The van der Waals surface area contributed by atoms with Crippen LogP contribution in [-0.2, 0) is 17.9 Å².